The highest BCUT2D eigenvalue weighted by Crippen LogP contribution is 2.27. The van der Waals surface area contributed by atoms with Crippen molar-refractivity contribution < 1.29 is 4.79 Å². The number of aromatic nitrogens is 1. The van der Waals surface area contributed by atoms with Crippen LogP contribution >= 0.6 is 12.4 Å². The number of nitrogens with one attached hydrogen (secondary N) is 1. The number of nitrogens with zero attached hydrogens (tertiary/aromatic N) is 1. The summed E-state index contributed by atoms with van der Waals surface area (Å²) in [6, 6.07) is 1.49. The molecule has 4 nitrogen and oxygen atoms in total. The van der Waals surface area contributed by atoms with Crippen LogP contribution in [0.15, 0.2) is 18.5 Å². The molecule has 0 bridgehead atoms. The van der Waals surface area contributed by atoms with Crippen molar-refractivity contribution in [2.45, 2.75) is 51.5 Å². The van der Waals surface area contributed by atoms with Crippen LogP contribution in [-0.2, 0) is 4.79 Å². The fraction of sp³-hybridized carbons (Fsp3) is 0.600. The van der Waals surface area contributed by atoms with Crippen molar-refractivity contribution in [3.05, 3.63) is 24.0 Å². The first-order valence-electron chi connectivity index (χ1n) is 7.13. The molecule has 0 saturated heterocycles. The number of halogens is 1. The number of nitrogens with two attached hydrogens (primary N) is 1. The van der Waals surface area contributed by atoms with Gasteiger partial charge in [-0.25, -0.2) is 0 Å². The maximum atomic E-state index is 12.0. The first-order valence-corrected chi connectivity index (χ1v) is 7.13. The van der Waals surface area contributed by atoms with Crippen molar-refractivity contribution in [2.24, 2.45) is 11.7 Å². The molecule has 1 aromatic rings. The van der Waals surface area contributed by atoms with E-state index in [0.717, 1.165) is 17.7 Å². The third kappa shape index (κ3) is 5.10. The minimum absolute atomic E-state index is 0. The molecule has 1 aliphatic carbocycles. The highest BCUT2D eigenvalue weighted by Gasteiger charge is 2.21. The fourth-order valence-electron chi connectivity index (χ4n) is 2.75. The second kappa shape index (κ2) is 8.22. The summed E-state index contributed by atoms with van der Waals surface area (Å²) in [4.78, 5) is 16.1. The molecular weight excluding hydrogens is 274 g/mol. The lowest BCUT2D eigenvalue weighted by atomic mass is 9.85. The van der Waals surface area contributed by atoms with E-state index in [0.29, 0.717) is 5.92 Å². The Morgan fingerprint density at radius 2 is 2.10 bits per heavy atom. The minimum atomic E-state index is -0.413. The Kier molecular flexibility index (Phi) is 6.96. The highest BCUT2D eigenvalue weighted by molar-refractivity contribution is 5.94. The lowest BCUT2D eigenvalue weighted by Crippen LogP contribution is -2.37. The predicted octanol–water partition coefficient (Wildman–Crippen LogP) is 3.05. The normalized spacial score (nSPS) is 17.1. The van der Waals surface area contributed by atoms with Crippen LogP contribution in [-0.4, -0.2) is 16.9 Å². The van der Waals surface area contributed by atoms with Crippen molar-refractivity contribution >= 4 is 24.0 Å². The number of hydrogen-bond acceptors (Lipinski definition) is 3. The predicted molar refractivity (Wildman–Crippen MR) is 84.0 cm³/mol. The second-order valence-electron chi connectivity index (χ2n) is 5.59. The van der Waals surface area contributed by atoms with Gasteiger partial charge in [-0.1, -0.05) is 32.1 Å². The van der Waals surface area contributed by atoms with Crippen LogP contribution in [0.5, 0.6) is 0 Å². The summed E-state index contributed by atoms with van der Waals surface area (Å²) in [5.41, 5.74) is 7.75. The average Bonchev–Trinajstić information content (AvgIpc) is 2.40. The van der Waals surface area contributed by atoms with E-state index in [-0.39, 0.29) is 18.3 Å². The third-order valence-electron chi connectivity index (χ3n) is 3.79. The van der Waals surface area contributed by atoms with Gasteiger partial charge in [0.15, 0.2) is 0 Å². The van der Waals surface area contributed by atoms with Crippen LogP contribution in [0.3, 0.4) is 0 Å². The summed E-state index contributed by atoms with van der Waals surface area (Å²) < 4.78 is 0. The lowest BCUT2D eigenvalue weighted by molar-refractivity contribution is -0.117. The van der Waals surface area contributed by atoms with E-state index < -0.39 is 6.04 Å². The molecule has 1 aromatic heterocycles. The lowest BCUT2D eigenvalue weighted by Gasteiger charge is -2.24. The summed E-state index contributed by atoms with van der Waals surface area (Å²) in [6.45, 7) is 1.95. The highest BCUT2D eigenvalue weighted by atomic mass is 35.5. The van der Waals surface area contributed by atoms with Crippen LogP contribution in [0, 0.1) is 12.8 Å². The monoisotopic (exact) mass is 297 g/mol. The van der Waals surface area contributed by atoms with Crippen molar-refractivity contribution in [1.82, 2.24) is 4.98 Å². The molecule has 1 heterocycles. The quantitative estimate of drug-likeness (QED) is 0.897. The van der Waals surface area contributed by atoms with Gasteiger partial charge in [-0.05, 0) is 30.9 Å². The Hall–Kier alpha value is -1.13. The Morgan fingerprint density at radius 3 is 2.75 bits per heavy atom. The van der Waals surface area contributed by atoms with Gasteiger partial charge >= 0.3 is 0 Å². The van der Waals surface area contributed by atoms with Crippen LogP contribution in [0.4, 0.5) is 5.69 Å². The first kappa shape index (κ1) is 16.9. The molecule has 1 unspecified atom stereocenters. The number of aryl methyl sites for hydroxylation is 1. The van der Waals surface area contributed by atoms with Gasteiger partial charge in [0.25, 0.3) is 0 Å². The Bertz CT molecular complexity index is 433. The van der Waals surface area contributed by atoms with E-state index in [2.05, 4.69) is 10.3 Å². The maximum absolute atomic E-state index is 12.0. The Morgan fingerprint density at radius 1 is 1.40 bits per heavy atom. The Balaban J connectivity index is 0.00000200. The zero-order chi connectivity index (χ0) is 13.7. The zero-order valence-corrected chi connectivity index (χ0v) is 12.8. The van der Waals surface area contributed by atoms with Gasteiger partial charge in [0, 0.05) is 6.20 Å². The largest absolute Gasteiger partial charge is 0.323 e. The smallest absolute Gasteiger partial charge is 0.241 e. The molecule has 2 rings (SSSR count). The van der Waals surface area contributed by atoms with Crippen LogP contribution in [0.25, 0.3) is 0 Å². The van der Waals surface area contributed by atoms with Gasteiger partial charge in [0.05, 0.1) is 17.9 Å². The average molecular weight is 298 g/mol. The number of carbonyl (C=O) groups excluding carboxylic acids is 1. The molecule has 3 N–H and O–H groups in total. The van der Waals surface area contributed by atoms with Crippen molar-refractivity contribution in [1.29, 1.82) is 0 Å². The van der Waals surface area contributed by atoms with Crippen LogP contribution in [0.1, 0.15) is 44.1 Å². The number of amides is 1. The van der Waals surface area contributed by atoms with Crippen LogP contribution < -0.4 is 11.1 Å². The van der Waals surface area contributed by atoms with E-state index in [9.17, 15) is 4.79 Å². The third-order valence-corrected chi connectivity index (χ3v) is 3.79. The number of hydrogen-bond donors (Lipinski definition) is 2. The SMILES string of the molecule is Cc1cncc(NC(=O)C(N)CC2CCCCC2)c1.Cl. The molecule has 0 aromatic carbocycles. The summed E-state index contributed by atoms with van der Waals surface area (Å²) in [6.07, 6.45) is 10.5. The molecular formula is C15H24ClN3O. The van der Waals surface area contributed by atoms with Crippen LogP contribution in [0.2, 0.25) is 0 Å². The van der Waals surface area contributed by atoms with E-state index in [4.69, 9.17) is 5.73 Å². The fourth-order valence-corrected chi connectivity index (χ4v) is 2.75. The number of anilines is 1. The van der Waals surface area contributed by atoms with E-state index >= 15 is 0 Å². The summed E-state index contributed by atoms with van der Waals surface area (Å²) >= 11 is 0. The molecule has 1 saturated carbocycles. The zero-order valence-electron chi connectivity index (χ0n) is 12.0. The number of carbonyl (C=O) groups is 1. The van der Waals surface area contributed by atoms with Gasteiger partial charge in [0.2, 0.25) is 5.91 Å². The molecule has 1 aliphatic rings. The first-order chi connectivity index (χ1) is 9.15. The van der Waals surface area contributed by atoms with Gasteiger partial charge in [0.1, 0.15) is 0 Å². The molecule has 5 heteroatoms. The summed E-state index contributed by atoms with van der Waals surface area (Å²) in [5, 5.41) is 2.85. The molecule has 1 fully saturated rings. The van der Waals surface area contributed by atoms with Crippen molar-refractivity contribution in [3.63, 3.8) is 0 Å². The molecule has 0 spiro atoms. The maximum Gasteiger partial charge on any atom is 0.241 e. The van der Waals surface area contributed by atoms with E-state index in [1.54, 1.807) is 12.4 Å². The van der Waals surface area contributed by atoms with Gasteiger partial charge in [-0.2, -0.15) is 0 Å². The Labute approximate surface area is 126 Å². The summed E-state index contributed by atoms with van der Waals surface area (Å²) in [5.74, 6) is 0.517. The topological polar surface area (TPSA) is 68.0 Å². The van der Waals surface area contributed by atoms with E-state index in [1.165, 1.54) is 32.1 Å². The second-order valence-corrected chi connectivity index (χ2v) is 5.59. The van der Waals surface area contributed by atoms with Crippen molar-refractivity contribution in [2.75, 3.05) is 5.32 Å². The molecule has 0 radical (unpaired) electrons. The standard InChI is InChI=1S/C15H23N3O.ClH/c1-11-7-13(10-17-9-11)18-15(19)14(16)8-12-5-3-2-4-6-12;/h7,9-10,12,14H,2-6,8,16H2,1H3,(H,18,19);1H. The van der Waals surface area contributed by atoms with Gasteiger partial charge in [-0.3, -0.25) is 9.78 Å². The van der Waals surface area contributed by atoms with Gasteiger partial charge in [-0.15, -0.1) is 12.4 Å². The number of rotatable bonds is 4. The van der Waals surface area contributed by atoms with Gasteiger partial charge < -0.3 is 11.1 Å². The molecule has 112 valence electrons. The molecule has 1 amide bonds. The molecule has 0 aliphatic heterocycles. The number of pyridine rings is 1. The minimum Gasteiger partial charge on any atom is -0.323 e. The van der Waals surface area contributed by atoms with E-state index in [1.807, 2.05) is 13.0 Å². The summed E-state index contributed by atoms with van der Waals surface area (Å²) in [7, 11) is 0. The molecule has 1 atom stereocenters. The molecule has 20 heavy (non-hydrogen) atoms. The van der Waals surface area contributed by atoms with Crippen molar-refractivity contribution in [3.8, 4) is 0 Å².